The average molecular weight is 197 g/mol. The molecule has 1 aliphatic carbocycles. The summed E-state index contributed by atoms with van der Waals surface area (Å²) in [5.41, 5.74) is 6.08. The van der Waals surface area contributed by atoms with Gasteiger partial charge in [-0.05, 0) is 36.5 Å². The molecule has 0 spiro atoms. The molecule has 1 fully saturated rings. The summed E-state index contributed by atoms with van der Waals surface area (Å²) in [5.74, 6) is -0.555. The highest BCUT2D eigenvalue weighted by Gasteiger charge is 2.40. The maximum Gasteiger partial charge on any atom is 0.126 e. The highest BCUT2D eigenvalue weighted by Crippen LogP contribution is 2.43. The summed E-state index contributed by atoms with van der Waals surface area (Å²) < 4.78 is 25.8. The maximum absolute atomic E-state index is 12.9. The SMILES string of the molecule is CC1CC(N)(c2cc(F)cc(F)c2)C1. The fourth-order valence-corrected chi connectivity index (χ4v) is 2.26. The third-order valence-electron chi connectivity index (χ3n) is 2.86. The van der Waals surface area contributed by atoms with Crippen LogP contribution in [0.25, 0.3) is 0 Å². The van der Waals surface area contributed by atoms with Gasteiger partial charge in [-0.15, -0.1) is 0 Å². The van der Waals surface area contributed by atoms with E-state index in [2.05, 4.69) is 6.92 Å². The Morgan fingerprint density at radius 3 is 2.14 bits per heavy atom. The van der Waals surface area contributed by atoms with Gasteiger partial charge in [0.1, 0.15) is 11.6 Å². The first-order chi connectivity index (χ1) is 6.49. The molecule has 76 valence electrons. The first-order valence-electron chi connectivity index (χ1n) is 4.75. The summed E-state index contributed by atoms with van der Waals surface area (Å²) in [6.45, 7) is 2.08. The molecule has 0 unspecified atom stereocenters. The van der Waals surface area contributed by atoms with Crippen molar-refractivity contribution < 1.29 is 8.78 Å². The zero-order valence-electron chi connectivity index (χ0n) is 8.06. The van der Waals surface area contributed by atoms with E-state index >= 15 is 0 Å². The molecule has 1 aromatic carbocycles. The summed E-state index contributed by atoms with van der Waals surface area (Å²) in [7, 11) is 0. The van der Waals surface area contributed by atoms with E-state index < -0.39 is 17.2 Å². The van der Waals surface area contributed by atoms with E-state index in [1.54, 1.807) is 0 Å². The molecule has 1 aliphatic rings. The number of rotatable bonds is 1. The van der Waals surface area contributed by atoms with Crippen LogP contribution < -0.4 is 5.73 Å². The summed E-state index contributed by atoms with van der Waals surface area (Å²) in [6.07, 6.45) is 1.60. The van der Waals surface area contributed by atoms with Crippen molar-refractivity contribution in [2.45, 2.75) is 25.3 Å². The second-order valence-electron chi connectivity index (χ2n) is 4.33. The largest absolute Gasteiger partial charge is 0.321 e. The summed E-state index contributed by atoms with van der Waals surface area (Å²) in [5, 5.41) is 0. The van der Waals surface area contributed by atoms with Crippen molar-refractivity contribution in [2.75, 3.05) is 0 Å². The van der Waals surface area contributed by atoms with Crippen LogP contribution in [0.1, 0.15) is 25.3 Å². The van der Waals surface area contributed by atoms with E-state index in [-0.39, 0.29) is 0 Å². The predicted molar refractivity (Wildman–Crippen MR) is 50.6 cm³/mol. The van der Waals surface area contributed by atoms with E-state index in [9.17, 15) is 8.78 Å². The van der Waals surface area contributed by atoms with Gasteiger partial charge in [0, 0.05) is 11.6 Å². The molecular weight excluding hydrogens is 184 g/mol. The van der Waals surface area contributed by atoms with Crippen LogP contribution in [0, 0.1) is 17.6 Å². The molecule has 14 heavy (non-hydrogen) atoms. The molecule has 0 radical (unpaired) electrons. The van der Waals surface area contributed by atoms with Crippen LogP contribution >= 0.6 is 0 Å². The number of halogens is 2. The minimum Gasteiger partial charge on any atom is -0.321 e. The fourth-order valence-electron chi connectivity index (χ4n) is 2.26. The lowest BCUT2D eigenvalue weighted by molar-refractivity contribution is 0.163. The van der Waals surface area contributed by atoms with Crippen LogP contribution in [0.2, 0.25) is 0 Å². The smallest absolute Gasteiger partial charge is 0.126 e. The van der Waals surface area contributed by atoms with Crippen LogP contribution in [-0.2, 0) is 5.54 Å². The van der Waals surface area contributed by atoms with E-state index in [1.807, 2.05) is 0 Å². The molecule has 0 aliphatic heterocycles. The van der Waals surface area contributed by atoms with Gasteiger partial charge in [0.25, 0.3) is 0 Å². The normalized spacial score (nSPS) is 31.3. The number of nitrogens with two attached hydrogens (primary N) is 1. The number of benzene rings is 1. The Labute approximate surface area is 81.9 Å². The third kappa shape index (κ3) is 1.52. The molecule has 3 heteroatoms. The molecule has 0 aromatic heterocycles. The monoisotopic (exact) mass is 197 g/mol. The lowest BCUT2D eigenvalue weighted by Gasteiger charge is -2.44. The fraction of sp³-hybridized carbons (Fsp3) is 0.455. The Bertz CT molecular complexity index is 336. The average Bonchev–Trinajstić information content (AvgIpc) is 1.99. The highest BCUT2D eigenvalue weighted by molar-refractivity contribution is 5.28. The van der Waals surface area contributed by atoms with E-state index in [0.29, 0.717) is 11.5 Å². The second-order valence-corrected chi connectivity index (χ2v) is 4.33. The van der Waals surface area contributed by atoms with E-state index in [0.717, 1.165) is 18.9 Å². The van der Waals surface area contributed by atoms with Gasteiger partial charge in [-0.25, -0.2) is 8.78 Å². The minimum atomic E-state index is -0.552. The van der Waals surface area contributed by atoms with Crippen LogP contribution in [-0.4, -0.2) is 0 Å². The van der Waals surface area contributed by atoms with Gasteiger partial charge in [0.15, 0.2) is 0 Å². The van der Waals surface area contributed by atoms with Crippen molar-refractivity contribution in [3.63, 3.8) is 0 Å². The van der Waals surface area contributed by atoms with Gasteiger partial charge in [0.2, 0.25) is 0 Å². The third-order valence-corrected chi connectivity index (χ3v) is 2.86. The summed E-state index contributed by atoms with van der Waals surface area (Å²) >= 11 is 0. The number of hydrogen-bond acceptors (Lipinski definition) is 1. The number of hydrogen-bond donors (Lipinski definition) is 1. The van der Waals surface area contributed by atoms with Crippen molar-refractivity contribution in [1.29, 1.82) is 0 Å². The quantitative estimate of drug-likeness (QED) is 0.735. The first kappa shape index (κ1) is 9.59. The molecular formula is C11H13F2N. The van der Waals surface area contributed by atoms with Crippen molar-refractivity contribution >= 4 is 0 Å². The van der Waals surface area contributed by atoms with Crippen molar-refractivity contribution in [1.82, 2.24) is 0 Å². The Kier molecular flexibility index (Phi) is 2.07. The van der Waals surface area contributed by atoms with Crippen LogP contribution in [0.3, 0.4) is 0 Å². The molecule has 0 saturated heterocycles. The molecule has 1 aromatic rings. The highest BCUT2D eigenvalue weighted by atomic mass is 19.1. The predicted octanol–water partition coefficient (Wildman–Crippen LogP) is 2.55. The molecule has 1 saturated carbocycles. The molecule has 0 atom stereocenters. The van der Waals surface area contributed by atoms with Crippen LogP contribution in [0.4, 0.5) is 8.78 Å². The Morgan fingerprint density at radius 2 is 1.71 bits per heavy atom. The standard InChI is InChI=1S/C11H13F2N/c1-7-5-11(14,6-7)8-2-9(12)4-10(13)3-8/h2-4,7H,5-6,14H2,1H3. The zero-order valence-corrected chi connectivity index (χ0v) is 8.06. The van der Waals surface area contributed by atoms with Gasteiger partial charge in [-0.1, -0.05) is 6.92 Å². The van der Waals surface area contributed by atoms with Gasteiger partial charge < -0.3 is 5.73 Å². The van der Waals surface area contributed by atoms with Crippen molar-refractivity contribution in [3.05, 3.63) is 35.4 Å². The lowest BCUT2D eigenvalue weighted by Crippen LogP contribution is -2.48. The minimum absolute atomic E-state index is 0.512. The van der Waals surface area contributed by atoms with Crippen molar-refractivity contribution in [3.8, 4) is 0 Å². The molecule has 1 nitrogen and oxygen atoms in total. The molecule has 0 bridgehead atoms. The molecule has 0 amide bonds. The Morgan fingerprint density at radius 1 is 1.21 bits per heavy atom. The van der Waals surface area contributed by atoms with E-state index in [4.69, 9.17) is 5.73 Å². The second kappa shape index (κ2) is 3.02. The first-order valence-corrected chi connectivity index (χ1v) is 4.75. The Hall–Kier alpha value is -0.960. The summed E-state index contributed by atoms with van der Waals surface area (Å²) in [6, 6.07) is 3.53. The maximum atomic E-state index is 12.9. The van der Waals surface area contributed by atoms with Gasteiger partial charge in [-0.3, -0.25) is 0 Å². The van der Waals surface area contributed by atoms with Crippen LogP contribution in [0.15, 0.2) is 18.2 Å². The summed E-state index contributed by atoms with van der Waals surface area (Å²) in [4.78, 5) is 0. The molecule has 2 rings (SSSR count). The zero-order chi connectivity index (χ0) is 10.3. The van der Waals surface area contributed by atoms with Crippen LogP contribution in [0.5, 0.6) is 0 Å². The van der Waals surface area contributed by atoms with E-state index in [1.165, 1.54) is 12.1 Å². The lowest BCUT2D eigenvalue weighted by atomic mass is 9.66. The van der Waals surface area contributed by atoms with Gasteiger partial charge in [-0.2, -0.15) is 0 Å². The topological polar surface area (TPSA) is 26.0 Å². The van der Waals surface area contributed by atoms with Crippen molar-refractivity contribution in [2.24, 2.45) is 11.7 Å². The van der Waals surface area contributed by atoms with Gasteiger partial charge in [0.05, 0.1) is 0 Å². The molecule has 2 N–H and O–H groups in total. The van der Waals surface area contributed by atoms with Gasteiger partial charge >= 0.3 is 0 Å². The molecule has 0 heterocycles. The Balaban J connectivity index is 2.32.